The molecule has 17 heavy (non-hydrogen) atoms. The van der Waals surface area contributed by atoms with E-state index in [0.717, 1.165) is 30.5 Å². The number of rotatable bonds is 4. The standard InChI is InChI=1S/C13H17N3O/c14-13(16-17)11-5-3-4-10(8-11)9-15-12-6-1-2-7-12/h1-5,8,12,15,17H,6-7,9H2,(H2,14,16). The lowest BCUT2D eigenvalue weighted by Gasteiger charge is -2.12. The van der Waals surface area contributed by atoms with E-state index in [1.54, 1.807) is 0 Å². The van der Waals surface area contributed by atoms with Crippen molar-refractivity contribution in [3.8, 4) is 0 Å². The van der Waals surface area contributed by atoms with Gasteiger partial charge in [0.15, 0.2) is 5.84 Å². The summed E-state index contributed by atoms with van der Waals surface area (Å²) in [7, 11) is 0. The highest BCUT2D eigenvalue weighted by Crippen LogP contribution is 2.11. The molecule has 4 heteroatoms. The van der Waals surface area contributed by atoms with Crippen molar-refractivity contribution in [2.24, 2.45) is 10.9 Å². The van der Waals surface area contributed by atoms with Crippen molar-refractivity contribution in [2.75, 3.05) is 0 Å². The van der Waals surface area contributed by atoms with Gasteiger partial charge in [-0.3, -0.25) is 0 Å². The zero-order valence-electron chi connectivity index (χ0n) is 9.63. The first-order valence-corrected chi connectivity index (χ1v) is 5.75. The van der Waals surface area contributed by atoms with Crippen LogP contribution >= 0.6 is 0 Å². The van der Waals surface area contributed by atoms with Crippen LogP contribution in [0.1, 0.15) is 24.0 Å². The van der Waals surface area contributed by atoms with Gasteiger partial charge >= 0.3 is 0 Å². The first kappa shape index (κ1) is 11.7. The molecule has 0 aliphatic heterocycles. The lowest BCUT2D eigenvalue weighted by atomic mass is 10.1. The van der Waals surface area contributed by atoms with Crippen molar-refractivity contribution in [1.82, 2.24) is 5.32 Å². The Kier molecular flexibility index (Phi) is 3.77. The molecule has 0 saturated heterocycles. The quantitative estimate of drug-likeness (QED) is 0.242. The minimum absolute atomic E-state index is 0.148. The Hall–Kier alpha value is -1.81. The highest BCUT2D eigenvalue weighted by Gasteiger charge is 2.09. The molecule has 0 fully saturated rings. The first-order valence-electron chi connectivity index (χ1n) is 5.75. The van der Waals surface area contributed by atoms with E-state index in [1.807, 2.05) is 24.3 Å². The summed E-state index contributed by atoms with van der Waals surface area (Å²) in [6, 6.07) is 8.25. The van der Waals surface area contributed by atoms with E-state index in [1.165, 1.54) is 0 Å². The van der Waals surface area contributed by atoms with E-state index < -0.39 is 0 Å². The van der Waals surface area contributed by atoms with Crippen LogP contribution in [0.3, 0.4) is 0 Å². The molecule has 0 aromatic heterocycles. The number of hydrogen-bond acceptors (Lipinski definition) is 3. The monoisotopic (exact) mass is 231 g/mol. The van der Waals surface area contributed by atoms with Crippen LogP contribution in [0.4, 0.5) is 0 Å². The van der Waals surface area contributed by atoms with E-state index in [4.69, 9.17) is 10.9 Å². The van der Waals surface area contributed by atoms with Crippen LogP contribution in [0.5, 0.6) is 0 Å². The molecule has 2 rings (SSSR count). The highest BCUT2D eigenvalue weighted by molar-refractivity contribution is 5.97. The number of nitrogens with zero attached hydrogens (tertiary/aromatic N) is 1. The number of nitrogens with one attached hydrogen (secondary N) is 1. The van der Waals surface area contributed by atoms with Crippen molar-refractivity contribution in [3.05, 3.63) is 47.5 Å². The van der Waals surface area contributed by atoms with E-state index in [0.29, 0.717) is 6.04 Å². The van der Waals surface area contributed by atoms with E-state index in [-0.39, 0.29) is 5.84 Å². The van der Waals surface area contributed by atoms with Gasteiger partial charge in [0, 0.05) is 18.2 Å². The third kappa shape index (κ3) is 3.07. The fourth-order valence-electron chi connectivity index (χ4n) is 1.94. The molecule has 0 atom stereocenters. The summed E-state index contributed by atoms with van der Waals surface area (Å²) in [5.74, 6) is 0.148. The van der Waals surface area contributed by atoms with E-state index >= 15 is 0 Å². The number of oxime groups is 1. The molecule has 4 nitrogen and oxygen atoms in total. The van der Waals surface area contributed by atoms with Crippen molar-refractivity contribution >= 4 is 5.84 Å². The molecule has 0 unspecified atom stereocenters. The molecule has 0 saturated carbocycles. The van der Waals surface area contributed by atoms with Crippen molar-refractivity contribution in [3.63, 3.8) is 0 Å². The molecule has 1 aromatic carbocycles. The summed E-state index contributed by atoms with van der Waals surface area (Å²) in [5.41, 5.74) is 7.44. The highest BCUT2D eigenvalue weighted by atomic mass is 16.4. The Morgan fingerprint density at radius 3 is 2.88 bits per heavy atom. The molecular formula is C13H17N3O. The van der Waals surface area contributed by atoms with Gasteiger partial charge in [0.1, 0.15) is 0 Å². The average molecular weight is 231 g/mol. The van der Waals surface area contributed by atoms with Crippen LogP contribution in [-0.4, -0.2) is 17.1 Å². The number of amidine groups is 1. The molecule has 0 amide bonds. The normalized spacial score (nSPS) is 16.6. The first-order chi connectivity index (χ1) is 8.29. The lowest BCUT2D eigenvalue weighted by Crippen LogP contribution is -2.25. The van der Waals surface area contributed by atoms with Crippen LogP contribution in [0.25, 0.3) is 0 Å². The van der Waals surface area contributed by atoms with E-state index in [9.17, 15) is 0 Å². The summed E-state index contributed by atoms with van der Waals surface area (Å²) in [6.45, 7) is 0.804. The molecule has 0 radical (unpaired) electrons. The Labute approximate surface area is 101 Å². The van der Waals surface area contributed by atoms with Crippen LogP contribution < -0.4 is 11.1 Å². The van der Waals surface area contributed by atoms with Gasteiger partial charge < -0.3 is 16.3 Å². The average Bonchev–Trinajstić information content (AvgIpc) is 2.89. The number of benzene rings is 1. The lowest BCUT2D eigenvalue weighted by molar-refractivity contribution is 0.318. The Bertz CT molecular complexity index is 432. The molecule has 0 spiro atoms. The predicted octanol–water partition coefficient (Wildman–Crippen LogP) is 1.59. The Morgan fingerprint density at radius 2 is 2.18 bits per heavy atom. The smallest absolute Gasteiger partial charge is 0.170 e. The van der Waals surface area contributed by atoms with Crippen molar-refractivity contribution in [2.45, 2.75) is 25.4 Å². The SMILES string of the molecule is N/C(=N/O)c1cccc(CNC2CC=CC2)c1. The molecule has 90 valence electrons. The molecule has 1 aromatic rings. The Balaban J connectivity index is 1.96. The third-order valence-corrected chi connectivity index (χ3v) is 2.93. The maximum atomic E-state index is 8.62. The topological polar surface area (TPSA) is 70.6 Å². The molecule has 1 aliphatic rings. The maximum absolute atomic E-state index is 8.62. The van der Waals surface area contributed by atoms with Gasteiger partial charge in [0.25, 0.3) is 0 Å². The van der Waals surface area contributed by atoms with Crippen LogP contribution in [0, 0.1) is 0 Å². The van der Waals surface area contributed by atoms with Crippen LogP contribution in [-0.2, 0) is 6.54 Å². The zero-order valence-corrected chi connectivity index (χ0v) is 9.63. The zero-order chi connectivity index (χ0) is 12.1. The molecule has 0 bridgehead atoms. The van der Waals surface area contributed by atoms with Crippen LogP contribution in [0.2, 0.25) is 0 Å². The molecule has 1 aliphatic carbocycles. The van der Waals surface area contributed by atoms with Gasteiger partial charge in [-0.15, -0.1) is 0 Å². The largest absolute Gasteiger partial charge is 0.409 e. The molecular weight excluding hydrogens is 214 g/mol. The number of hydrogen-bond donors (Lipinski definition) is 3. The minimum Gasteiger partial charge on any atom is -0.409 e. The second-order valence-electron chi connectivity index (χ2n) is 4.21. The van der Waals surface area contributed by atoms with Gasteiger partial charge in [-0.05, 0) is 24.5 Å². The summed E-state index contributed by atoms with van der Waals surface area (Å²) in [4.78, 5) is 0. The summed E-state index contributed by atoms with van der Waals surface area (Å²) < 4.78 is 0. The maximum Gasteiger partial charge on any atom is 0.170 e. The third-order valence-electron chi connectivity index (χ3n) is 2.93. The van der Waals surface area contributed by atoms with Gasteiger partial charge in [-0.2, -0.15) is 0 Å². The van der Waals surface area contributed by atoms with Gasteiger partial charge in [-0.25, -0.2) is 0 Å². The minimum atomic E-state index is 0.148. The van der Waals surface area contributed by atoms with Gasteiger partial charge in [0.2, 0.25) is 0 Å². The van der Waals surface area contributed by atoms with Crippen molar-refractivity contribution < 1.29 is 5.21 Å². The van der Waals surface area contributed by atoms with Crippen LogP contribution in [0.15, 0.2) is 41.6 Å². The van der Waals surface area contributed by atoms with Crippen molar-refractivity contribution in [1.29, 1.82) is 0 Å². The fraction of sp³-hybridized carbons (Fsp3) is 0.308. The van der Waals surface area contributed by atoms with Gasteiger partial charge in [-0.1, -0.05) is 35.5 Å². The summed E-state index contributed by atoms with van der Waals surface area (Å²) in [5, 5.41) is 15.1. The molecule has 4 N–H and O–H groups in total. The fourth-order valence-corrected chi connectivity index (χ4v) is 1.94. The van der Waals surface area contributed by atoms with Gasteiger partial charge in [0.05, 0.1) is 0 Å². The second-order valence-corrected chi connectivity index (χ2v) is 4.21. The predicted molar refractivity (Wildman–Crippen MR) is 68.0 cm³/mol. The number of nitrogens with two attached hydrogens (primary N) is 1. The molecule has 0 heterocycles. The summed E-state index contributed by atoms with van der Waals surface area (Å²) in [6.07, 6.45) is 6.59. The summed E-state index contributed by atoms with van der Waals surface area (Å²) >= 11 is 0. The second kappa shape index (κ2) is 5.50. The van der Waals surface area contributed by atoms with E-state index in [2.05, 4.69) is 22.6 Å². The Morgan fingerprint density at radius 1 is 1.41 bits per heavy atom.